The van der Waals surface area contributed by atoms with E-state index in [9.17, 15) is 4.79 Å². The number of carbonyl (C=O) groups is 1. The monoisotopic (exact) mass is 299 g/mol. The van der Waals surface area contributed by atoms with Crippen LogP contribution in [0.25, 0.3) is 0 Å². The van der Waals surface area contributed by atoms with Crippen molar-refractivity contribution in [3.05, 3.63) is 0 Å². The van der Waals surface area contributed by atoms with E-state index in [4.69, 9.17) is 5.73 Å². The number of thioether (sulfide) groups is 1. The predicted molar refractivity (Wildman–Crippen MR) is 84.1 cm³/mol. The van der Waals surface area contributed by atoms with Crippen molar-refractivity contribution in [1.29, 1.82) is 0 Å². The summed E-state index contributed by atoms with van der Waals surface area (Å²) in [5.41, 5.74) is 6.02. The molecule has 114 valence electrons. The standard InChI is InChI=1S/C13H25N5OS/c1-12(19)17-6-4-16(5-7-17)3-2-15-13(14)18-8-10-20-11-9-18/h2-11H2,1H3,(H2,14,15). The van der Waals surface area contributed by atoms with Gasteiger partial charge in [0.05, 0.1) is 6.54 Å². The van der Waals surface area contributed by atoms with Gasteiger partial charge in [0, 0.05) is 64.2 Å². The Hall–Kier alpha value is -0.950. The first kappa shape index (κ1) is 15.4. The van der Waals surface area contributed by atoms with E-state index < -0.39 is 0 Å². The van der Waals surface area contributed by atoms with E-state index in [1.807, 2.05) is 16.7 Å². The summed E-state index contributed by atoms with van der Waals surface area (Å²) < 4.78 is 0. The van der Waals surface area contributed by atoms with Crippen molar-refractivity contribution in [2.75, 3.05) is 63.9 Å². The summed E-state index contributed by atoms with van der Waals surface area (Å²) in [4.78, 5) is 22.2. The van der Waals surface area contributed by atoms with Gasteiger partial charge in [-0.15, -0.1) is 0 Å². The second-order valence-corrected chi connectivity index (χ2v) is 6.41. The Labute approximate surface area is 125 Å². The van der Waals surface area contributed by atoms with E-state index >= 15 is 0 Å². The Morgan fingerprint density at radius 2 is 1.75 bits per heavy atom. The minimum Gasteiger partial charge on any atom is -0.370 e. The van der Waals surface area contributed by atoms with Crippen LogP contribution in [0, 0.1) is 0 Å². The van der Waals surface area contributed by atoms with Crippen molar-refractivity contribution in [1.82, 2.24) is 14.7 Å². The zero-order valence-electron chi connectivity index (χ0n) is 12.3. The average molecular weight is 299 g/mol. The highest BCUT2D eigenvalue weighted by Crippen LogP contribution is 2.08. The molecule has 0 aliphatic carbocycles. The first-order valence-corrected chi connectivity index (χ1v) is 8.43. The number of aliphatic imine (C=N–C) groups is 1. The van der Waals surface area contributed by atoms with Gasteiger partial charge in [0.1, 0.15) is 0 Å². The number of piperazine rings is 1. The molecule has 2 fully saturated rings. The normalized spacial score (nSPS) is 22.1. The third-order valence-corrected chi connectivity index (χ3v) is 4.79. The first-order chi connectivity index (χ1) is 9.66. The van der Waals surface area contributed by atoms with Crippen molar-refractivity contribution in [2.45, 2.75) is 6.92 Å². The molecular formula is C13H25N5OS. The summed E-state index contributed by atoms with van der Waals surface area (Å²) in [6.07, 6.45) is 0. The van der Waals surface area contributed by atoms with Crippen molar-refractivity contribution >= 4 is 23.6 Å². The van der Waals surface area contributed by atoms with Crippen LogP contribution in [-0.2, 0) is 4.79 Å². The van der Waals surface area contributed by atoms with Crippen LogP contribution < -0.4 is 5.73 Å². The molecule has 7 heteroatoms. The van der Waals surface area contributed by atoms with E-state index in [-0.39, 0.29) is 5.91 Å². The number of hydrogen-bond acceptors (Lipinski definition) is 4. The van der Waals surface area contributed by atoms with Gasteiger partial charge in [-0.3, -0.25) is 14.7 Å². The number of nitrogens with zero attached hydrogens (tertiary/aromatic N) is 4. The lowest BCUT2D eigenvalue weighted by atomic mass is 10.3. The largest absolute Gasteiger partial charge is 0.370 e. The fourth-order valence-corrected chi connectivity index (χ4v) is 3.39. The van der Waals surface area contributed by atoms with Crippen LogP contribution in [0.1, 0.15) is 6.92 Å². The second-order valence-electron chi connectivity index (χ2n) is 5.19. The summed E-state index contributed by atoms with van der Waals surface area (Å²) in [6.45, 7) is 8.87. The van der Waals surface area contributed by atoms with Crippen LogP contribution in [0.3, 0.4) is 0 Å². The van der Waals surface area contributed by atoms with E-state index in [1.54, 1.807) is 6.92 Å². The van der Waals surface area contributed by atoms with Crippen molar-refractivity contribution in [3.8, 4) is 0 Å². The molecule has 2 aliphatic rings. The van der Waals surface area contributed by atoms with Gasteiger partial charge >= 0.3 is 0 Å². The van der Waals surface area contributed by atoms with Crippen LogP contribution in [0.15, 0.2) is 4.99 Å². The molecule has 0 atom stereocenters. The quantitative estimate of drug-likeness (QED) is 0.563. The van der Waals surface area contributed by atoms with Gasteiger partial charge in [0.25, 0.3) is 0 Å². The van der Waals surface area contributed by atoms with E-state index in [1.165, 1.54) is 0 Å². The number of rotatable bonds is 3. The van der Waals surface area contributed by atoms with Gasteiger partial charge in [-0.05, 0) is 0 Å². The molecule has 2 rings (SSSR count). The maximum atomic E-state index is 11.2. The highest BCUT2D eigenvalue weighted by atomic mass is 32.2. The van der Waals surface area contributed by atoms with Gasteiger partial charge in [0.2, 0.25) is 5.91 Å². The Morgan fingerprint density at radius 1 is 1.10 bits per heavy atom. The molecule has 1 amide bonds. The molecule has 0 saturated carbocycles. The fourth-order valence-electron chi connectivity index (χ4n) is 2.48. The minimum atomic E-state index is 0.176. The Morgan fingerprint density at radius 3 is 2.35 bits per heavy atom. The van der Waals surface area contributed by atoms with Crippen LogP contribution in [0.2, 0.25) is 0 Å². The van der Waals surface area contributed by atoms with Crippen molar-refractivity contribution < 1.29 is 4.79 Å². The summed E-state index contributed by atoms with van der Waals surface area (Å²) in [5.74, 6) is 3.15. The maximum Gasteiger partial charge on any atom is 0.219 e. The van der Waals surface area contributed by atoms with Gasteiger partial charge in [-0.1, -0.05) is 0 Å². The molecule has 0 unspecified atom stereocenters. The van der Waals surface area contributed by atoms with Crippen LogP contribution >= 0.6 is 11.8 Å². The number of guanidine groups is 1. The summed E-state index contributed by atoms with van der Waals surface area (Å²) >= 11 is 1.97. The third kappa shape index (κ3) is 4.56. The van der Waals surface area contributed by atoms with Gasteiger partial charge in [-0.25, -0.2) is 0 Å². The second kappa shape index (κ2) is 7.73. The third-order valence-electron chi connectivity index (χ3n) is 3.84. The molecule has 2 aliphatic heterocycles. The predicted octanol–water partition coefficient (Wildman–Crippen LogP) is -0.486. The summed E-state index contributed by atoms with van der Waals surface area (Å²) in [6, 6.07) is 0. The lowest BCUT2D eigenvalue weighted by Crippen LogP contribution is -2.48. The molecular weight excluding hydrogens is 274 g/mol. The number of amides is 1. The highest BCUT2D eigenvalue weighted by molar-refractivity contribution is 7.99. The topological polar surface area (TPSA) is 65.2 Å². The molecule has 2 heterocycles. The number of nitrogens with two attached hydrogens (primary N) is 1. The molecule has 0 aromatic rings. The maximum absolute atomic E-state index is 11.2. The van der Waals surface area contributed by atoms with Crippen molar-refractivity contribution in [2.24, 2.45) is 10.7 Å². The molecule has 6 nitrogen and oxygen atoms in total. The zero-order valence-corrected chi connectivity index (χ0v) is 13.1. The molecule has 0 bridgehead atoms. The fraction of sp³-hybridized carbons (Fsp3) is 0.846. The van der Waals surface area contributed by atoms with E-state index in [2.05, 4.69) is 14.8 Å². The zero-order chi connectivity index (χ0) is 14.4. The summed E-state index contributed by atoms with van der Waals surface area (Å²) in [5, 5.41) is 0. The van der Waals surface area contributed by atoms with E-state index in [0.717, 1.165) is 63.9 Å². The first-order valence-electron chi connectivity index (χ1n) is 7.27. The molecule has 2 saturated heterocycles. The minimum absolute atomic E-state index is 0.176. The Balaban J connectivity index is 1.66. The molecule has 0 aromatic carbocycles. The SMILES string of the molecule is CC(=O)N1CCN(CCN=C(N)N2CCSCC2)CC1. The number of carbonyl (C=O) groups excluding carboxylic acids is 1. The molecule has 2 N–H and O–H groups in total. The molecule has 20 heavy (non-hydrogen) atoms. The lowest BCUT2D eigenvalue weighted by molar-refractivity contribution is -0.130. The summed E-state index contributed by atoms with van der Waals surface area (Å²) in [7, 11) is 0. The number of hydrogen-bond donors (Lipinski definition) is 1. The van der Waals surface area contributed by atoms with Crippen molar-refractivity contribution in [3.63, 3.8) is 0 Å². The van der Waals surface area contributed by atoms with Gasteiger partial charge in [-0.2, -0.15) is 11.8 Å². The Bertz CT molecular complexity index is 349. The van der Waals surface area contributed by atoms with Crippen LogP contribution in [0.4, 0.5) is 0 Å². The molecule has 0 spiro atoms. The average Bonchev–Trinajstić information content (AvgIpc) is 2.48. The van der Waals surface area contributed by atoms with Crippen LogP contribution in [-0.4, -0.2) is 90.4 Å². The lowest BCUT2D eigenvalue weighted by Gasteiger charge is -2.34. The molecule has 0 radical (unpaired) electrons. The smallest absolute Gasteiger partial charge is 0.219 e. The van der Waals surface area contributed by atoms with Gasteiger partial charge < -0.3 is 15.5 Å². The Kier molecular flexibility index (Phi) is 5.97. The van der Waals surface area contributed by atoms with Crippen LogP contribution in [0.5, 0.6) is 0 Å². The van der Waals surface area contributed by atoms with Gasteiger partial charge in [0.15, 0.2) is 5.96 Å². The van der Waals surface area contributed by atoms with E-state index in [0.29, 0.717) is 5.96 Å². The highest BCUT2D eigenvalue weighted by Gasteiger charge is 2.18. The molecule has 0 aromatic heterocycles.